The summed E-state index contributed by atoms with van der Waals surface area (Å²) in [5, 5.41) is 0.0434. The van der Waals surface area contributed by atoms with Gasteiger partial charge in [-0.05, 0) is 44.0 Å². The van der Waals surface area contributed by atoms with Crippen molar-refractivity contribution < 1.29 is 35.1 Å². The van der Waals surface area contributed by atoms with Crippen LogP contribution in [-0.4, -0.2) is 46.0 Å². The molecule has 1 saturated heterocycles. The predicted octanol–water partition coefficient (Wildman–Crippen LogP) is 3.82. The average molecular weight is 496 g/mol. The summed E-state index contributed by atoms with van der Waals surface area (Å²) in [6.45, 7) is -1.46. The second-order valence-corrected chi connectivity index (χ2v) is 12.3. The molecule has 2 heterocycles. The van der Waals surface area contributed by atoms with Crippen LogP contribution in [-0.2, 0) is 24.4 Å². The lowest BCUT2D eigenvalue weighted by molar-refractivity contribution is -0.0500. The van der Waals surface area contributed by atoms with E-state index in [-0.39, 0.29) is 45.7 Å². The molecule has 1 fully saturated rings. The van der Waals surface area contributed by atoms with Gasteiger partial charge in [-0.1, -0.05) is 17.7 Å². The maximum atomic E-state index is 13.4. The van der Waals surface area contributed by atoms with E-state index < -0.39 is 37.1 Å². The van der Waals surface area contributed by atoms with Gasteiger partial charge in [-0.15, -0.1) is 0 Å². The molecule has 1 aliphatic heterocycles. The Labute approximate surface area is 184 Å². The summed E-state index contributed by atoms with van der Waals surface area (Å²) >= 11 is 6.22. The van der Waals surface area contributed by atoms with Crippen LogP contribution in [0.3, 0.4) is 0 Å². The molecular formula is C19H20ClF2NO6S2. The molecule has 0 aliphatic carbocycles. The Morgan fingerprint density at radius 2 is 1.94 bits per heavy atom. The van der Waals surface area contributed by atoms with Crippen LogP contribution in [0.15, 0.2) is 46.3 Å². The molecule has 0 N–H and O–H groups in total. The van der Waals surface area contributed by atoms with Crippen molar-refractivity contribution in [2.45, 2.75) is 47.0 Å². The van der Waals surface area contributed by atoms with Gasteiger partial charge in [0, 0.05) is 19.1 Å². The highest BCUT2D eigenvalue weighted by molar-refractivity contribution is 7.92. The molecule has 0 radical (unpaired) electrons. The summed E-state index contributed by atoms with van der Waals surface area (Å²) < 4.78 is 83.8. The summed E-state index contributed by atoms with van der Waals surface area (Å²) in [6.07, 6.45) is 1.51. The predicted molar refractivity (Wildman–Crippen MR) is 109 cm³/mol. The summed E-state index contributed by atoms with van der Waals surface area (Å²) in [6, 6.07) is 6.19. The first-order valence-electron chi connectivity index (χ1n) is 9.10. The molecule has 3 rings (SSSR count). The first-order valence-corrected chi connectivity index (χ1v) is 12.9. The van der Waals surface area contributed by atoms with Crippen LogP contribution < -0.4 is 4.74 Å². The van der Waals surface area contributed by atoms with Crippen molar-refractivity contribution in [3.8, 4) is 5.75 Å². The highest BCUT2D eigenvalue weighted by Crippen LogP contribution is 2.43. The third kappa shape index (κ3) is 5.00. The van der Waals surface area contributed by atoms with E-state index in [9.17, 15) is 25.6 Å². The van der Waals surface area contributed by atoms with Crippen LogP contribution in [0, 0.1) is 0 Å². The monoisotopic (exact) mass is 495 g/mol. The Balaban J connectivity index is 1.93. The van der Waals surface area contributed by atoms with E-state index in [1.807, 2.05) is 0 Å². The van der Waals surface area contributed by atoms with Crippen LogP contribution in [0.25, 0.3) is 0 Å². The van der Waals surface area contributed by atoms with E-state index in [2.05, 4.69) is 9.72 Å². The van der Waals surface area contributed by atoms with Crippen molar-refractivity contribution >= 4 is 31.3 Å². The number of nitrogens with zero attached hydrogens (tertiary/aromatic N) is 1. The molecule has 2 aromatic rings. The molecule has 0 bridgehead atoms. The fourth-order valence-corrected chi connectivity index (χ4v) is 6.11. The van der Waals surface area contributed by atoms with E-state index in [0.29, 0.717) is 0 Å². The zero-order chi connectivity index (χ0) is 23.0. The van der Waals surface area contributed by atoms with E-state index in [4.69, 9.17) is 16.3 Å². The number of ether oxygens (including phenoxy) is 2. The first-order chi connectivity index (χ1) is 14.3. The van der Waals surface area contributed by atoms with Crippen LogP contribution in [0.1, 0.15) is 31.6 Å². The number of aromatic nitrogens is 1. The van der Waals surface area contributed by atoms with Gasteiger partial charge in [0.2, 0.25) is 0 Å². The van der Waals surface area contributed by atoms with Crippen molar-refractivity contribution in [1.82, 2.24) is 4.98 Å². The summed E-state index contributed by atoms with van der Waals surface area (Å²) in [5.74, 6) is -0.260. The fourth-order valence-electron chi connectivity index (χ4n) is 3.36. The smallest absolute Gasteiger partial charge is 0.387 e. The van der Waals surface area contributed by atoms with Gasteiger partial charge in [0.15, 0.2) is 19.7 Å². The SMILES string of the molecule is CC1(S(=O)(=O)c2cccc(OC(F)F)c2)CCOC(c2ncc(S(C)(=O)=O)cc2Cl)C1. The molecule has 0 amide bonds. The number of rotatable bonds is 6. The molecule has 2 atom stereocenters. The van der Waals surface area contributed by atoms with Crippen molar-refractivity contribution in [2.24, 2.45) is 0 Å². The number of pyridine rings is 1. The summed E-state index contributed by atoms with van der Waals surface area (Å²) in [5.41, 5.74) is 0.227. The van der Waals surface area contributed by atoms with Crippen molar-refractivity contribution in [3.05, 3.63) is 47.2 Å². The minimum absolute atomic E-state index is 0.0137. The quantitative estimate of drug-likeness (QED) is 0.600. The minimum Gasteiger partial charge on any atom is -0.435 e. The Kier molecular flexibility index (Phi) is 6.62. The molecule has 0 saturated carbocycles. The lowest BCUT2D eigenvalue weighted by Gasteiger charge is -2.37. The Bertz CT molecular complexity index is 1190. The van der Waals surface area contributed by atoms with Crippen LogP contribution >= 0.6 is 11.6 Å². The highest BCUT2D eigenvalue weighted by atomic mass is 35.5. The molecule has 12 heteroatoms. The largest absolute Gasteiger partial charge is 0.435 e. The van der Waals surface area contributed by atoms with E-state index in [1.165, 1.54) is 31.2 Å². The fraction of sp³-hybridized carbons (Fsp3) is 0.421. The Morgan fingerprint density at radius 1 is 1.23 bits per heavy atom. The average Bonchev–Trinajstić information content (AvgIpc) is 2.67. The lowest BCUT2D eigenvalue weighted by Crippen LogP contribution is -2.42. The number of sulfone groups is 2. The van der Waals surface area contributed by atoms with Gasteiger partial charge in [0.05, 0.1) is 25.3 Å². The minimum atomic E-state index is -3.98. The standard InChI is InChI=1S/C19H20ClF2NO6S2/c1-19(31(26,27)13-5-3-4-12(8-13)29-18(21)22)6-7-28-16(10-19)17-15(20)9-14(11-23-17)30(2,24)25/h3-5,8-9,11,16,18H,6-7,10H2,1-2H3. The number of halogens is 3. The van der Waals surface area contributed by atoms with Gasteiger partial charge in [0.25, 0.3) is 0 Å². The third-order valence-electron chi connectivity index (χ3n) is 5.13. The molecule has 170 valence electrons. The normalized spacial score (nSPS) is 22.5. The van der Waals surface area contributed by atoms with Crippen LogP contribution in [0.5, 0.6) is 5.75 Å². The molecule has 1 aromatic heterocycles. The maximum absolute atomic E-state index is 13.4. The lowest BCUT2D eigenvalue weighted by atomic mass is 9.94. The molecule has 7 nitrogen and oxygen atoms in total. The zero-order valence-electron chi connectivity index (χ0n) is 16.6. The van der Waals surface area contributed by atoms with Gasteiger partial charge < -0.3 is 9.47 Å². The first kappa shape index (κ1) is 23.8. The molecule has 2 unspecified atom stereocenters. The number of benzene rings is 1. The van der Waals surface area contributed by atoms with Gasteiger partial charge in [0.1, 0.15) is 11.9 Å². The number of hydrogen-bond donors (Lipinski definition) is 0. The Hall–Kier alpha value is -1.82. The second kappa shape index (κ2) is 8.61. The maximum Gasteiger partial charge on any atom is 0.387 e. The summed E-state index contributed by atoms with van der Waals surface area (Å²) in [7, 11) is -7.49. The van der Waals surface area contributed by atoms with E-state index >= 15 is 0 Å². The van der Waals surface area contributed by atoms with Crippen LogP contribution in [0.2, 0.25) is 5.02 Å². The molecule has 1 aromatic carbocycles. The van der Waals surface area contributed by atoms with Gasteiger partial charge in [-0.3, -0.25) is 4.98 Å². The molecule has 0 spiro atoms. The van der Waals surface area contributed by atoms with Gasteiger partial charge in [-0.2, -0.15) is 8.78 Å². The second-order valence-electron chi connectivity index (χ2n) is 7.43. The number of alkyl halides is 2. The summed E-state index contributed by atoms with van der Waals surface area (Å²) in [4.78, 5) is 3.88. The van der Waals surface area contributed by atoms with E-state index in [1.54, 1.807) is 0 Å². The van der Waals surface area contributed by atoms with Gasteiger partial charge in [-0.25, -0.2) is 16.8 Å². The molecule has 1 aliphatic rings. The Morgan fingerprint density at radius 3 is 2.55 bits per heavy atom. The molecular weight excluding hydrogens is 476 g/mol. The molecule has 31 heavy (non-hydrogen) atoms. The van der Waals surface area contributed by atoms with E-state index in [0.717, 1.165) is 18.5 Å². The topological polar surface area (TPSA) is 99.6 Å². The zero-order valence-corrected chi connectivity index (χ0v) is 19.0. The van der Waals surface area contributed by atoms with Crippen LogP contribution in [0.4, 0.5) is 8.78 Å². The number of hydrogen-bond acceptors (Lipinski definition) is 7. The highest BCUT2D eigenvalue weighted by Gasteiger charge is 2.46. The third-order valence-corrected chi connectivity index (χ3v) is 9.06. The van der Waals surface area contributed by atoms with Crippen molar-refractivity contribution in [2.75, 3.05) is 12.9 Å². The van der Waals surface area contributed by atoms with Gasteiger partial charge >= 0.3 is 6.61 Å². The van der Waals surface area contributed by atoms with Crippen molar-refractivity contribution in [3.63, 3.8) is 0 Å². The van der Waals surface area contributed by atoms with Crippen molar-refractivity contribution in [1.29, 1.82) is 0 Å².